The lowest BCUT2D eigenvalue weighted by molar-refractivity contribution is 0.102. The van der Waals surface area contributed by atoms with Gasteiger partial charge in [-0.25, -0.2) is 4.98 Å². The van der Waals surface area contributed by atoms with E-state index in [0.717, 1.165) is 15.6 Å². The first-order chi connectivity index (χ1) is 13.7. The van der Waals surface area contributed by atoms with Crippen molar-refractivity contribution in [1.29, 1.82) is 0 Å². The second kappa shape index (κ2) is 8.55. The maximum Gasteiger partial charge on any atom is 0.257 e. The smallest absolute Gasteiger partial charge is 0.257 e. The van der Waals surface area contributed by atoms with Crippen LogP contribution in [0.2, 0.25) is 5.02 Å². The van der Waals surface area contributed by atoms with Gasteiger partial charge in [0.15, 0.2) is 4.34 Å². The van der Waals surface area contributed by atoms with Crippen LogP contribution in [0.15, 0.2) is 69.6 Å². The molecule has 4 rings (SSSR count). The van der Waals surface area contributed by atoms with Crippen LogP contribution in [-0.4, -0.2) is 21.1 Å². The van der Waals surface area contributed by atoms with Crippen LogP contribution in [0.1, 0.15) is 16.1 Å². The molecule has 140 valence electrons. The third-order valence-electron chi connectivity index (χ3n) is 3.65. The Hall–Kier alpha value is -2.68. The van der Waals surface area contributed by atoms with E-state index in [0.29, 0.717) is 27.4 Å². The predicted octanol–water partition coefficient (Wildman–Crippen LogP) is 5.39. The molecule has 28 heavy (non-hydrogen) atoms. The van der Waals surface area contributed by atoms with Gasteiger partial charge in [-0.3, -0.25) is 10.1 Å². The van der Waals surface area contributed by atoms with Crippen LogP contribution in [-0.2, 0) is 5.75 Å². The first-order valence-electron chi connectivity index (χ1n) is 8.20. The molecule has 4 aromatic rings. The minimum Gasteiger partial charge on any atom is -0.444 e. The Balaban J connectivity index is 1.35. The van der Waals surface area contributed by atoms with Gasteiger partial charge in [0.25, 0.3) is 5.91 Å². The molecule has 0 radical (unpaired) electrons. The van der Waals surface area contributed by atoms with Crippen molar-refractivity contribution < 1.29 is 9.21 Å². The van der Waals surface area contributed by atoms with Crippen molar-refractivity contribution in [2.24, 2.45) is 0 Å². The highest BCUT2D eigenvalue weighted by atomic mass is 35.5. The Labute approximate surface area is 174 Å². The molecule has 2 heterocycles. The molecule has 0 spiro atoms. The Bertz CT molecular complexity index is 1080. The molecule has 0 unspecified atom stereocenters. The lowest BCUT2D eigenvalue weighted by atomic mass is 10.2. The van der Waals surface area contributed by atoms with Gasteiger partial charge < -0.3 is 4.42 Å². The summed E-state index contributed by atoms with van der Waals surface area (Å²) in [6.07, 6.45) is 1.62. The van der Waals surface area contributed by atoms with E-state index >= 15 is 0 Å². The van der Waals surface area contributed by atoms with Gasteiger partial charge in [-0.15, -0.1) is 10.2 Å². The number of rotatable bonds is 6. The van der Waals surface area contributed by atoms with E-state index in [-0.39, 0.29) is 5.91 Å². The van der Waals surface area contributed by atoms with Crippen molar-refractivity contribution >= 4 is 45.7 Å². The first kappa shape index (κ1) is 18.7. The summed E-state index contributed by atoms with van der Waals surface area (Å²) in [5, 5.41) is 12.0. The fraction of sp³-hybridized carbons (Fsp3) is 0.0526. The summed E-state index contributed by atoms with van der Waals surface area (Å²) < 4.78 is 6.26. The average Bonchev–Trinajstić information content (AvgIpc) is 3.37. The highest BCUT2D eigenvalue weighted by Gasteiger charge is 2.12. The van der Waals surface area contributed by atoms with Gasteiger partial charge >= 0.3 is 0 Å². The molecule has 2 aromatic heterocycles. The zero-order valence-corrected chi connectivity index (χ0v) is 16.7. The molecule has 1 amide bonds. The van der Waals surface area contributed by atoms with Crippen LogP contribution in [0, 0.1) is 0 Å². The lowest BCUT2D eigenvalue weighted by Gasteiger charge is -1.99. The standard InChI is InChI=1S/C19H13ClN4O2S2/c20-14-8-6-13(7-9-14)17-21-15(10-26-17)11-27-19-24-23-18(28-19)22-16(25)12-4-2-1-3-5-12/h1-10H,11H2,(H,22,23,25). The Kier molecular flexibility index (Phi) is 5.70. The summed E-state index contributed by atoms with van der Waals surface area (Å²) in [4.78, 5) is 16.6. The van der Waals surface area contributed by atoms with Crippen molar-refractivity contribution in [3.63, 3.8) is 0 Å². The van der Waals surface area contributed by atoms with E-state index in [9.17, 15) is 4.79 Å². The van der Waals surface area contributed by atoms with Gasteiger partial charge in [-0.05, 0) is 36.4 Å². The summed E-state index contributed by atoms with van der Waals surface area (Å²) in [6, 6.07) is 16.3. The molecule has 0 saturated heterocycles. The van der Waals surface area contributed by atoms with E-state index < -0.39 is 0 Å². The molecule has 2 aromatic carbocycles. The van der Waals surface area contributed by atoms with Crippen molar-refractivity contribution in [3.8, 4) is 11.5 Å². The van der Waals surface area contributed by atoms with Gasteiger partial charge in [0.1, 0.15) is 6.26 Å². The van der Waals surface area contributed by atoms with Gasteiger partial charge in [-0.2, -0.15) is 0 Å². The van der Waals surface area contributed by atoms with Crippen LogP contribution >= 0.6 is 34.7 Å². The van der Waals surface area contributed by atoms with E-state index in [1.807, 2.05) is 30.3 Å². The van der Waals surface area contributed by atoms with Crippen LogP contribution in [0.25, 0.3) is 11.5 Å². The number of amides is 1. The quantitative estimate of drug-likeness (QED) is 0.327. The van der Waals surface area contributed by atoms with Crippen molar-refractivity contribution in [2.45, 2.75) is 10.1 Å². The molecule has 0 aliphatic heterocycles. The molecule has 0 bridgehead atoms. The largest absolute Gasteiger partial charge is 0.444 e. The molecule has 0 atom stereocenters. The van der Waals surface area contributed by atoms with E-state index in [1.165, 1.54) is 23.1 Å². The van der Waals surface area contributed by atoms with Crippen molar-refractivity contribution in [1.82, 2.24) is 15.2 Å². The number of nitrogens with zero attached hydrogens (tertiary/aromatic N) is 3. The number of thioether (sulfide) groups is 1. The van der Waals surface area contributed by atoms with Gasteiger partial charge in [0, 0.05) is 21.9 Å². The predicted molar refractivity (Wildman–Crippen MR) is 111 cm³/mol. The maximum atomic E-state index is 12.2. The number of hydrogen-bond donors (Lipinski definition) is 1. The summed E-state index contributed by atoms with van der Waals surface area (Å²) in [5.74, 6) is 0.913. The fourth-order valence-electron chi connectivity index (χ4n) is 2.31. The molecule has 6 nitrogen and oxygen atoms in total. The van der Waals surface area contributed by atoms with Gasteiger partial charge in [0.2, 0.25) is 11.0 Å². The molecule has 1 N–H and O–H groups in total. The Morgan fingerprint density at radius 1 is 1.11 bits per heavy atom. The number of halogens is 1. The van der Waals surface area contributed by atoms with Crippen LogP contribution in [0.3, 0.4) is 0 Å². The monoisotopic (exact) mass is 428 g/mol. The van der Waals surface area contributed by atoms with Gasteiger partial charge in [0.05, 0.1) is 5.69 Å². The van der Waals surface area contributed by atoms with Crippen LogP contribution in [0.4, 0.5) is 5.13 Å². The molecule has 0 saturated carbocycles. The fourth-order valence-corrected chi connectivity index (χ4v) is 4.06. The SMILES string of the molecule is O=C(Nc1nnc(SCc2coc(-c3ccc(Cl)cc3)n2)s1)c1ccccc1. The number of anilines is 1. The number of hydrogen-bond acceptors (Lipinski definition) is 7. The molecule has 0 fully saturated rings. The van der Waals surface area contributed by atoms with Crippen molar-refractivity contribution in [2.75, 3.05) is 5.32 Å². The number of aromatic nitrogens is 3. The summed E-state index contributed by atoms with van der Waals surface area (Å²) >= 11 is 8.69. The molecule has 9 heteroatoms. The lowest BCUT2D eigenvalue weighted by Crippen LogP contribution is -2.11. The van der Waals surface area contributed by atoms with Gasteiger partial charge in [-0.1, -0.05) is 52.9 Å². The summed E-state index contributed by atoms with van der Waals surface area (Å²) in [5.41, 5.74) is 2.23. The minimum atomic E-state index is -0.211. The first-order valence-corrected chi connectivity index (χ1v) is 10.4. The highest BCUT2D eigenvalue weighted by molar-refractivity contribution is 8.00. The normalized spacial score (nSPS) is 10.8. The van der Waals surface area contributed by atoms with E-state index in [4.69, 9.17) is 16.0 Å². The number of benzene rings is 2. The molecule has 0 aliphatic carbocycles. The second-order valence-electron chi connectivity index (χ2n) is 5.63. The van der Waals surface area contributed by atoms with E-state index in [1.54, 1.807) is 30.5 Å². The van der Waals surface area contributed by atoms with Crippen molar-refractivity contribution in [3.05, 3.63) is 77.1 Å². The second-order valence-corrected chi connectivity index (χ2v) is 8.27. The minimum absolute atomic E-state index is 0.211. The summed E-state index contributed by atoms with van der Waals surface area (Å²) in [6.45, 7) is 0. The van der Waals surface area contributed by atoms with Crippen LogP contribution in [0.5, 0.6) is 0 Å². The maximum absolute atomic E-state index is 12.2. The zero-order valence-electron chi connectivity index (χ0n) is 14.3. The molecular weight excluding hydrogens is 416 g/mol. The van der Waals surface area contributed by atoms with Crippen LogP contribution < -0.4 is 5.32 Å². The zero-order chi connectivity index (χ0) is 19.3. The summed E-state index contributed by atoms with van der Waals surface area (Å²) in [7, 11) is 0. The number of carbonyl (C=O) groups is 1. The molecule has 0 aliphatic rings. The number of carbonyl (C=O) groups excluding carboxylic acids is 1. The third kappa shape index (κ3) is 4.59. The Morgan fingerprint density at radius 3 is 2.68 bits per heavy atom. The Morgan fingerprint density at radius 2 is 1.89 bits per heavy atom. The third-order valence-corrected chi connectivity index (χ3v) is 5.91. The molecular formula is C19H13ClN4O2S2. The van der Waals surface area contributed by atoms with E-state index in [2.05, 4.69) is 20.5 Å². The number of nitrogens with one attached hydrogen (secondary N) is 1. The average molecular weight is 429 g/mol. The highest BCUT2D eigenvalue weighted by Crippen LogP contribution is 2.29. The topological polar surface area (TPSA) is 80.9 Å². The number of oxazole rings is 1.